The highest BCUT2D eigenvalue weighted by molar-refractivity contribution is 5.50. The van der Waals surface area contributed by atoms with Crippen LogP contribution in [0.25, 0.3) is 0 Å². The minimum absolute atomic E-state index is 0.220. The third-order valence-electron chi connectivity index (χ3n) is 6.23. The van der Waals surface area contributed by atoms with Crippen molar-refractivity contribution in [3.63, 3.8) is 0 Å². The summed E-state index contributed by atoms with van der Waals surface area (Å²) in [5.74, 6) is 3.37. The lowest BCUT2D eigenvalue weighted by Gasteiger charge is -2.28. The van der Waals surface area contributed by atoms with E-state index in [4.69, 9.17) is 9.47 Å². The van der Waals surface area contributed by atoms with Crippen molar-refractivity contribution in [3.8, 4) is 23.0 Å². The van der Waals surface area contributed by atoms with Gasteiger partial charge in [-0.3, -0.25) is 0 Å². The fourth-order valence-corrected chi connectivity index (χ4v) is 4.16. The summed E-state index contributed by atoms with van der Waals surface area (Å²) in [5.41, 5.74) is 4.45. The lowest BCUT2D eigenvalue weighted by atomic mass is 9.76. The highest BCUT2D eigenvalue weighted by atomic mass is 16.5. The van der Waals surface area contributed by atoms with Gasteiger partial charge in [0.05, 0.1) is 0 Å². The molecule has 176 valence electrons. The number of hydrogen-bond acceptors (Lipinski definition) is 2. The molecule has 2 heteroatoms. The lowest BCUT2D eigenvalue weighted by molar-refractivity contribution is 0.476. The topological polar surface area (TPSA) is 18.5 Å². The van der Waals surface area contributed by atoms with Gasteiger partial charge in [-0.05, 0) is 71.5 Å². The number of para-hydroxylation sites is 2. The Morgan fingerprint density at radius 2 is 1.00 bits per heavy atom. The molecular weight excluding hydrogens is 428 g/mol. The van der Waals surface area contributed by atoms with Crippen LogP contribution in [0.5, 0.6) is 23.0 Å². The molecule has 0 N–H and O–H groups in total. The Kier molecular flexibility index (Phi) is 7.52. The molecule has 0 saturated carbocycles. The summed E-state index contributed by atoms with van der Waals surface area (Å²) in [5, 5.41) is 0. The quantitative estimate of drug-likeness (QED) is 0.220. The van der Waals surface area contributed by atoms with Crippen LogP contribution in [-0.4, -0.2) is 0 Å². The monoisotopic (exact) mass is 460 g/mol. The van der Waals surface area contributed by atoms with Crippen molar-refractivity contribution in [2.45, 2.75) is 32.1 Å². The van der Waals surface area contributed by atoms with Gasteiger partial charge in [-0.15, -0.1) is 13.2 Å². The molecule has 0 atom stereocenters. The zero-order valence-electron chi connectivity index (χ0n) is 20.5. The van der Waals surface area contributed by atoms with Gasteiger partial charge in [-0.2, -0.15) is 0 Å². The second kappa shape index (κ2) is 10.9. The maximum Gasteiger partial charge on any atom is 0.130 e. The molecule has 0 bridgehead atoms. The molecule has 0 heterocycles. The fraction of sp³-hybridized carbons (Fsp3) is 0.152. The van der Waals surface area contributed by atoms with Gasteiger partial charge in [0.25, 0.3) is 0 Å². The van der Waals surface area contributed by atoms with Gasteiger partial charge < -0.3 is 9.47 Å². The van der Waals surface area contributed by atoms with E-state index in [2.05, 4.69) is 63.4 Å². The van der Waals surface area contributed by atoms with Crippen LogP contribution in [0, 0.1) is 0 Å². The van der Waals surface area contributed by atoms with Gasteiger partial charge in [0.2, 0.25) is 0 Å². The fourth-order valence-electron chi connectivity index (χ4n) is 4.16. The van der Waals surface area contributed by atoms with Crippen LogP contribution in [0.4, 0.5) is 0 Å². The smallest absolute Gasteiger partial charge is 0.130 e. The van der Waals surface area contributed by atoms with E-state index in [1.165, 1.54) is 11.1 Å². The minimum atomic E-state index is -0.220. The standard InChI is InChI=1S/C33H32O2/c1-5-13-25-23-27(19-21-31(25)34-29-15-9-7-10-16-29)33(3,4)28-20-22-32(26(24-28)14-6-2)35-30-17-11-8-12-18-30/h5-12,15-24H,1-2,13-14H2,3-4H3. The van der Waals surface area contributed by atoms with Gasteiger partial charge in [0, 0.05) is 5.41 Å². The first-order valence-corrected chi connectivity index (χ1v) is 12.0. The van der Waals surface area contributed by atoms with Crippen molar-refractivity contribution in [1.82, 2.24) is 0 Å². The second-order valence-electron chi connectivity index (χ2n) is 9.09. The zero-order chi connectivity index (χ0) is 24.7. The molecule has 4 rings (SSSR count). The highest BCUT2D eigenvalue weighted by Gasteiger charge is 2.25. The predicted molar refractivity (Wildman–Crippen MR) is 146 cm³/mol. The lowest BCUT2D eigenvalue weighted by Crippen LogP contribution is -2.19. The zero-order valence-corrected chi connectivity index (χ0v) is 20.5. The summed E-state index contributed by atoms with van der Waals surface area (Å²) < 4.78 is 12.4. The van der Waals surface area contributed by atoms with Crippen molar-refractivity contribution in [2.75, 3.05) is 0 Å². The van der Waals surface area contributed by atoms with E-state index in [0.29, 0.717) is 0 Å². The molecule has 0 aliphatic rings. The number of ether oxygens (including phenoxy) is 2. The molecule has 0 aromatic heterocycles. The Bertz CT molecular complexity index is 1190. The summed E-state index contributed by atoms with van der Waals surface area (Å²) >= 11 is 0. The first-order chi connectivity index (χ1) is 17.0. The summed E-state index contributed by atoms with van der Waals surface area (Å²) in [6.45, 7) is 12.4. The van der Waals surface area contributed by atoms with Gasteiger partial charge in [0.1, 0.15) is 23.0 Å². The Labute approximate surface area is 209 Å². The van der Waals surface area contributed by atoms with Gasteiger partial charge in [-0.25, -0.2) is 0 Å². The molecule has 0 aliphatic carbocycles. The Morgan fingerprint density at radius 3 is 1.37 bits per heavy atom. The van der Waals surface area contributed by atoms with Crippen molar-refractivity contribution in [3.05, 3.63) is 145 Å². The van der Waals surface area contributed by atoms with Crippen LogP contribution in [0.2, 0.25) is 0 Å². The van der Waals surface area contributed by atoms with Crippen molar-refractivity contribution >= 4 is 0 Å². The van der Waals surface area contributed by atoms with E-state index in [1.807, 2.05) is 72.8 Å². The van der Waals surface area contributed by atoms with E-state index in [0.717, 1.165) is 47.0 Å². The van der Waals surface area contributed by atoms with Crippen LogP contribution < -0.4 is 9.47 Å². The molecule has 0 radical (unpaired) electrons. The van der Waals surface area contributed by atoms with E-state index in [9.17, 15) is 0 Å². The molecule has 0 unspecified atom stereocenters. The van der Waals surface area contributed by atoms with Crippen LogP contribution >= 0.6 is 0 Å². The summed E-state index contributed by atoms with van der Waals surface area (Å²) in [4.78, 5) is 0. The molecule has 35 heavy (non-hydrogen) atoms. The maximum atomic E-state index is 6.18. The van der Waals surface area contributed by atoms with Crippen molar-refractivity contribution < 1.29 is 9.47 Å². The van der Waals surface area contributed by atoms with E-state index in [1.54, 1.807) is 0 Å². The van der Waals surface area contributed by atoms with Crippen molar-refractivity contribution in [1.29, 1.82) is 0 Å². The molecule has 0 fully saturated rings. The van der Waals surface area contributed by atoms with Crippen LogP contribution in [0.15, 0.2) is 122 Å². The Balaban J connectivity index is 1.67. The van der Waals surface area contributed by atoms with E-state index in [-0.39, 0.29) is 5.41 Å². The highest BCUT2D eigenvalue weighted by Crippen LogP contribution is 2.38. The second-order valence-corrected chi connectivity index (χ2v) is 9.09. The Hall–Kier alpha value is -4.04. The van der Waals surface area contributed by atoms with Crippen molar-refractivity contribution in [2.24, 2.45) is 0 Å². The first kappa shape index (κ1) is 24.1. The van der Waals surface area contributed by atoms with Crippen LogP contribution in [-0.2, 0) is 18.3 Å². The molecule has 0 aliphatic heterocycles. The Morgan fingerprint density at radius 1 is 0.600 bits per heavy atom. The molecule has 0 spiro atoms. The maximum absolute atomic E-state index is 6.18. The largest absolute Gasteiger partial charge is 0.457 e. The summed E-state index contributed by atoms with van der Waals surface area (Å²) in [7, 11) is 0. The average Bonchev–Trinajstić information content (AvgIpc) is 2.87. The molecule has 4 aromatic carbocycles. The first-order valence-electron chi connectivity index (χ1n) is 12.0. The SMILES string of the molecule is C=CCc1cc(C(C)(C)c2ccc(Oc3ccccc3)c(CC=C)c2)ccc1Oc1ccccc1. The molecule has 0 saturated heterocycles. The van der Waals surface area contributed by atoms with E-state index >= 15 is 0 Å². The normalized spacial score (nSPS) is 11.0. The third-order valence-corrected chi connectivity index (χ3v) is 6.23. The minimum Gasteiger partial charge on any atom is -0.457 e. The van der Waals surface area contributed by atoms with Gasteiger partial charge in [0.15, 0.2) is 0 Å². The third kappa shape index (κ3) is 5.73. The van der Waals surface area contributed by atoms with Crippen LogP contribution in [0.3, 0.4) is 0 Å². The number of hydrogen-bond donors (Lipinski definition) is 0. The molecule has 2 nitrogen and oxygen atoms in total. The predicted octanol–water partition coefficient (Wildman–Crippen LogP) is 9.05. The average molecular weight is 461 g/mol. The van der Waals surface area contributed by atoms with Gasteiger partial charge >= 0.3 is 0 Å². The number of allylic oxidation sites excluding steroid dienone is 2. The van der Waals surface area contributed by atoms with E-state index < -0.39 is 0 Å². The number of benzene rings is 4. The van der Waals surface area contributed by atoms with Crippen LogP contribution in [0.1, 0.15) is 36.1 Å². The summed E-state index contributed by atoms with van der Waals surface area (Å²) in [6, 6.07) is 32.7. The molecule has 4 aromatic rings. The van der Waals surface area contributed by atoms with Gasteiger partial charge in [-0.1, -0.05) is 86.7 Å². The molecular formula is C33H32O2. The summed E-state index contributed by atoms with van der Waals surface area (Å²) in [6.07, 6.45) is 5.30. The molecule has 0 amide bonds. The number of rotatable bonds is 10.